The Morgan fingerprint density at radius 1 is 1.30 bits per heavy atom. The highest BCUT2D eigenvalue weighted by Gasteiger charge is 2.16. The zero-order chi connectivity index (χ0) is 28.1. The summed E-state index contributed by atoms with van der Waals surface area (Å²) < 4.78 is 132. The summed E-state index contributed by atoms with van der Waals surface area (Å²) in [7, 11) is 0. The first-order valence-electron chi connectivity index (χ1n) is 13.7. The van der Waals surface area contributed by atoms with Crippen LogP contribution in [0.3, 0.4) is 0 Å². The van der Waals surface area contributed by atoms with Gasteiger partial charge in [-0.3, -0.25) is 0 Å². The molecule has 0 aliphatic heterocycles. The van der Waals surface area contributed by atoms with Gasteiger partial charge in [-0.15, -0.1) is 0 Å². The summed E-state index contributed by atoms with van der Waals surface area (Å²) in [6.45, 7) is -14.5. The van der Waals surface area contributed by atoms with Crippen LogP contribution >= 0.6 is 0 Å². The van der Waals surface area contributed by atoms with Gasteiger partial charge in [0.05, 0.1) is 16.2 Å². The maximum atomic E-state index is 9.08. The number of rotatable bonds is 6. The molecule has 0 fully saturated rings. The van der Waals surface area contributed by atoms with Crippen LogP contribution in [0.5, 0.6) is 0 Å². The highest BCUT2D eigenvalue weighted by atomic mass is 16.5. The molecule has 2 nitrogen and oxygen atoms in total. The summed E-state index contributed by atoms with van der Waals surface area (Å²) in [6, 6.07) is 2.93. The number of hydrogen-bond acceptors (Lipinski definition) is 2. The molecule has 0 bridgehead atoms. The van der Waals surface area contributed by atoms with Gasteiger partial charge in [-0.1, -0.05) is 54.5 Å². The maximum Gasteiger partial charge on any atom is 0.108 e. The van der Waals surface area contributed by atoms with E-state index in [1.54, 1.807) is 0 Å². The van der Waals surface area contributed by atoms with Crippen LogP contribution in [0.2, 0.25) is 0 Å². The Labute approximate surface area is 144 Å². The molecule has 106 valence electrons. The fourth-order valence-corrected chi connectivity index (χ4v) is 1.50. The molecule has 0 radical (unpaired) electrons. The molecular formula is C18H23NO. The van der Waals surface area contributed by atoms with E-state index in [0.29, 0.717) is 0 Å². The van der Waals surface area contributed by atoms with Gasteiger partial charge in [-0.25, -0.2) is 0 Å². The van der Waals surface area contributed by atoms with E-state index in [2.05, 4.69) is 0 Å². The molecule has 2 rings (SSSR count). The molecule has 20 heavy (non-hydrogen) atoms. The molecule has 1 unspecified atom stereocenters. The summed E-state index contributed by atoms with van der Waals surface area (Å²) in [6.07, 6.45) is -2.97. The average Bonchev–Trinajstić information content (AvgIpc) is 2.70. The van der Waals surface area contributed by atoms with Gasteiger partial charge in [0.2, 0.25) is 0 Å². The highest BCUT2D eigenvalue weighted by Crippen LogP contribution is 2.28. The van der Waals surface area contributed by atoms with Crippen molar-refractivity contribution in [3.05, 3.63) is 71.2 Å². The van der Waals surface area contributed by atoms with E-state index in [1.165, 1.54) is 30.3 Å². The SMILES string of the molecule is [2H]c1c([2H])c([2H])c(C([2H])(OC([2H])([2H])CN(C([2H])([2H])[2H])C([2H])([2H])[2H])c2ccccc2)c(C([2H])([2H])[2H])c1[2H]. The molecule has 2 aromatic rings. The van der Waals surface area contributed by atoms with Crippen molar-refractivity contribution in [3.63, 3.8) is 0 Å². The monoisotopic (exact) mass is 285 g/mol. The Hall–Kier alpha value is -1.64. The minimum absolute atomic E-state index is 0.142. The molecule has 0 N–H and O–H groups in total. The first kappa shape index (κ1) is 4.43. The first-order valence-corrected chi connectivity index (χ1v) is 5.69. The Bertz CT molecular complexity index is 1080. The van der Waals surface area contributed by atoms with Gasteiger partial charge in [-0.2, -0.15) is 0 Å². The molecule has 0 saturated carbocycles. The summed E-state index contributed by atoms with van der Waals surface area (Å²) >= 11 is 0. The zero-order valence-corrected chi connectivity index (χ0v) is 10.4. The summed E-state index contributed by atoms with van der Waals surface area (Å²) in [4.78, 5) is -0.142. The number of hydrogen-bond donors (Lipinski definition) is 0. The molecule has 0 aromatic heterocycles. The second-order valence-corrected chi connectivity index (χ2v) is 3.78. The minimum Gasteiger partial charge on any atom is -0.367 e. The number of likely N-dealkylation sites (N-methyl/N-ethyl adjacent to an activating group) is 1. The smallest absolute Gasteiger partial charge is 0.108 e. The molecule has 0 spiro atoms. The molecule has 1 atom stereocenters. The van der Waals surface area contributed by atoms with E-state index in [0.717, 1.165) is 0 Å². The van der Waals surface area contributed by atoms with Crippen LogP contribution in [-0.4, -0.2) is 32.0 Å². The minimum atomic E-state index is -3.31. The topological polar surface area (TPSA) is 12.5 Å². The highest BCUT2D eigenvalue weighted by molar-refractivity contribution is 5.35. The largest absolute Gasteiger partial charge is 0.367 e. The van der Waals surface area contributed by atoms with Gasteiger partial charge in [-0.05, 0) is 37.5 Å². The molecular weight excluding hydrogens is 246 g/mol. The van der Waals surface area contributed by atoms with Gasteiger partial charge >= 0.3 is 0 Å². The van der Waals surface area contributed by atoms with E-state index < -0.39 is 75.3 Å². The van der Waals surface area contributed by atoms with Gasteiger partial charge in [0.1, 0.15) is 6.08 Å². The van der Waals surface area contributed by atoms with Crippen molar-refractivity contribution in [1.82, 2.24) is 4.90 Å². The van der Waals surface area contributed by atoms with Crippen molar-refractivity contribution in [1.29, 1.82) is 0 Å². The summed E-state index contributed by atoms with van der Waals surface area (Å²) in [5.74, 6) is 0. The maximum absolute atomic E-state index is 9.08. The lowest BCUT2D eigenvalue weighted by atomic mass is 9.97. The standard InChI is InChI=1S/C18H23NO/c1-15-9-7-8-12-17(15)18(20-14-13-19(2)3)16-10-5-4-6-11-16/h4-12,18H,13-14H2,1-3H3/i1D3,2D3,3D3,7D,8D,9D,12D,14D2,18D. The molecule has 0 aliphatic rings. The third-order valence-corrected chi connectivity index (χ3v) is 2.35. The molecule has 0 saturated heterocycles. The number of nitrogens with zero attached hydrogens (tertiary/aromatic N) is 1. The molecule has 0 heterocycles. The van der Waals surface area contributed by atoms with Crippen LogP contribution in [0.15, 0.2) is 54.5 Å². The predicted molar refractivity (Wildman–Crippen MR) is 84.0 cm³/mol. The Kier molecular flexibility index (Phi) is 1.60. The normalized spacial score (nSPS) is 28.4. The summed E-state index contributed by atoms with van der Waals surface area (Å²) in [5.41, 5.74) is -2.16. The first-order chi connectivity index (χ1) is 16.0. The van der Waals surface area contributed by atoms with Crippen LogP contribution in [-0.2, 0) is 4.74 Å². The van der Waals surface area contributed by atoms with E-state index >= 15 is 0 Å². The Morgan fingerprint density at radius 2 is 2.10 bits per heavy atom. The second kappa shape index (κ2) is 7.22. The number of ether oxygens (including phenoxy) is 1. The van der Waals surface area contributed by atoms with Gasteiger partial charge < -0.3 is 9.64 Å². The molecule has 0 aliphatic carbocycles. The van der Waals surface area contributed by atoms with Crippen molar-refractivity contribution in [2.75, 3.05) is 27.1 Å². The molecule has 2 aromatic carbocycles. The van der Waals surface area contributed by atoms with E-state index in [-0.39, 0.29) is 10.5 Å². The third kappa shape index (κ3) is 3.92. The van der Waals surface area contributed by atoms with Crippen LogP contribution in [0.4, 0.5) is 0 Å². The van der Waals surface area contributed by atoms with E-state index in [1.807, 2.05) is 0 Å². The van der Waals surface area contributed by atoms with Crippen molar-refractivity contribution in [3.8, 4) is 0 Å². The average molecular weight is 285 g/mol. The lowest BCUT2D eigenvalue weighted by molar-refractivity contribution is 0.0683. The summed E-state index contributed by atoms with van der Waals surface area (Å²) in [5, 5.41) is 0. The van der Waals surface area contributed by atoms with Crippen molar-refractivity contribution in [2.24, 2.45) is 0 Å². The van der Waals surface area contributed by atoms with Gasteiger partial charge in [0.15, 0.2) is 0 Å². The quantitative estimate of drug-likeness (QED) is 0.803. The zero-order valence-electron chi connectivity index (χ0n) is 26.4. The fourth-order valence-electron chi connectivity index (χ4n) is 1.50. The van der Waals surface area contributed by atoms with Crippen LogP contribution in [0, 0.1) is 6.85 Å². The van der Waals surface area contributed by atoms with E-state index in [4.69, 9.17) is 26.7 Å². The van der Waals surface area contributed by atoms with Crippen molar-refractivity contribution >= 4 is 0 Å². The predicted octanol–water partition coefficient (Wildman–Crippen LogP) is 3.66. The van der Waals surface area contributed by atoms with E-state index in [9.17, 15) is 0 Å². The Balaban J connectivity index is 2.87. The lowest BCUT2D eigenvalue weighted by Crippen LogP contribution is -2.20. The van der Waals surface area contributed by atoms with Gasteiger partial charge in [0.25, 0.3) is 0 Å². The number of benzene rings is 2. The van der Waals surface area contributed by atoms with Crippen molar-refractivity contribution < 1.29 is 26.7 Å². The van der Waals surface area contributed by atoms with Crippen molar-refractivity contribution in [2.45, 2.75) is 12.9 Å². The third-order valence-electron chi connectivity index (χ3n) is 2.35. The van der Waals surface area contributed by atoms with Crippen LogP contribution < -0.4 is 0 Å². The second-order valence-electron chi connectivity index (χ2n) is 3.78. The van der Waals surface area contributed by atoms with Crippen LogP contribution in [0.1, 0.15) is 44.7 Å². The molecule has 2 heteroatoms. The molecule has 0 amide bonds. The Morgan fingerprint density at radius 3 is 2.85 bits per heavy atom. The van der Waals surface area contributed by atoms with Crippen LogP contribution in [0.25, 0.3) is 0 Å². The van der Waals surface area contributed by atoms with Gasteiger partial charge in [0, 0.05) is 18.9 Å². The fraction of sp³-hybridized carbons (Fsp3) is 0.333. The lowest BCUT2D eigenvalue weighted by Gasteiger charge is -2.22.